The Bertz CT molecular complexity index is 975. The molecule has 0 bridgehead atoms. The fourth-order valence-corrected chi connectivity index (χ4v) is 3.52. The number of benzene rings is 2. The third-order valence-corrected chi connectivity index (χ3v) is 5.71. The SMILES string of the molecule is Cc1ccc(-c2nc(SC(C)C(=O)Nc3cc(Cl)c(Cl)cc3Cl)n[nH]2)cc1. The van der Waals surface area contributed by atoms with Crippen LogP contribution in [-0.4, -0.2) is 26.3 Å². The van der Waals surface area contributed by atoms with Crippen LogP contribution in [0.5, 0.6) is 0 Å². The maximum Gasteiger partial charge on any atom is 0.237 e. The van der Waals surface area contributed by atoms with Gasteiger partial charge in [-0.2, -0.15) is 0 Å². The lowest BCUT2D eigenvalue weighted by Gasteiger charge is -2.12. The van der Waals surface area contributed by atoms with Gasteiger partial charge in [0.15, 0.2) is 5.82 Å². The number of aromatic nitrogens is 3. The minimum absolute atomic E-state index is 0.248. The maximum absolute atomic E-state index is 12.4. The second kappa shape index (κ2) is 8.52. The zero-order valence-corrected chi connectivity index (χ0v) is 17.5. The molecule has 0 aliphatic rings. The van der Waals surface area contributed by atoms with Crippen molar-refractivity contribution >= 4 is 58.2 Å². The first-order valence-electron chi connectivity index (χ1n) is 7.95. The highest BCUT2D eigenvalue weighted by Gasteiger charge is 2.19. The molecule has 1 aromatic heterocycles. The normalized spacial score (nSPS) is 12.0. The lowest BCUT2D eigenvalue weighted by atomic mass is 10.1. The summed E-state index contributed by atoms with van der Waals surface area (Å²) in [6, 6.07) is 10.9. The van der Waals surface area contributed by atoms with Crippen molar-refractivity contribution in [3.63, 3.8) is 0 Å². The average Bonchev–Trinajstić information content (AvgIpc) is 3.08. The summed E-state index contributed by atoms with van der Waals surface area (Å²) in [5.41, 5.74) is 2.50. The molecule has 3 rings (SSSR count). The van der Waals surface area contributed by atoms with Gasteiger partial charge in [0, 0.05) is 5.56 Å². The number of anilines is 1. The highest BCUT2D eigenvalue weighted by molar-refractivity contribution is 8.00. The van der Waals surface area contributed by atoms with Gasteiger partial charge in [0.05, 0.1) is 26.0 Å². The summed E-state index contributed by atoms with van der Waals surface area (Å²) in [6.07, 6.45) is 0. The number of rotatable bonds is 5. The minimum atomic E-state index is -0.447. The monoisotopic (exact) mass is 440 g/mol. The summed E-state index contributed by atoms with van der Waals surface area (Å²) >= 11 is 19.2. The van der Waals surface area contributed by atoms with Crippen molar-refractivity contribution in [3.8, 4) is 11.4 Å². The third kappa shape index (κ3) is 4.96. The molecule has 0 saturated carbocycles. The summed E-state index contributed by atoms with van der Waals surface area (Å²) in [7, 11) is 0. The summed E-state index contributed by atoms with van der Waals surface area (Å²) in [5, 5.41) is 10.8. The van der Waals surface area contributed by atoms with Crippen LogP contribution in [-0.2, 0) is 4.79 Å². The lowest BCUT2D eigenvalue weighted by Crippen LogP contribution is -2.22. The van der Waals surface area contributed by atoms with Crippen molar-refractivity contribution in [2.75, 3.05) is 5.32 Å². The van der Waals surface area contributed by atoms with Crippen molar-refractivity contribution in [1.29, 1.82) is 0 Å². The van der Waals surface area contributed by atoms with E-state index in [2.05, 4.69) is 20.5 Å². The van der Waals surface area contributed by atoms with E-state index in [1.165, 1.54) is 29.5 Å². The predicted molar refractivity (Wildman–Crippen MR) is 112 cm³/mol. The van der Waals surface area contributed by atoms with Crippen molar-refractivity contribution < 1.29 is 4.79 Å². The molecule has 3 aromatic rings. The van der Waals surface area contributed by atoms with Crippen LogP contribution in [0.1, 0.15) is 12.5 Å². The van der Waals surface area contributed by atoms with E-state index in [1.807, 2.05) is 31.2 Å². The van der Waals surface area contributed by atoms with E-state index in [4.69, 9.17) is 34.8 Å². The standard InChI is InChI=1S/C18H15Cl3N4OS/c1-9-3-5-11(6-4-9)16-23-18(25-24-16)27-10(2)17(26)22-15-8-13(20)12(19)7-14(15)21/h3-8,10H,1-2H3,(H,22,26)(H,23,24,25). The van der Waals surface area contributed by atoms with E-state index in [1.54, 1.807) is 6.92 Å². The molecule has 0 aliphatic carbocycles. The van der Waals surface area contributed by atoms with Gasteiger partial charge in [0.25, 0.3) is 0 Å². The second-order valence-electron chi connectivity index (χ2n) is 5.83. The molecule has 1 unspecified atom stereocenters. The first kappa shape index (κ1) is 20.0. The summed E-state index contributed by atoms with van der Waals surface area (Å²) < 4.78 is 0. The number of carbonyl (C=O) groups excluding carboxylic acids is 1. The van der Waals surface area contributed by atoms with Gasteiger partial charge in [-0.25, -0.2) is 4.98 Å². The number of nitrogens with one attached hydrogen (secondary N) is 2. The van der Waals surface area contributed by atoms with E-state index in [0.717, 1.165) is 5.56 Å². The average molecular weight is 442 g/mol. The maximum atomic E-state index is 12.4. The Morgan fingerprint density at radius 1 is 1.11 bits per heavy atom. The minimum Gasteiger partial charge on any atom is -0.324 e. The molecule has 2 aromatic carbocycles. The number of aryl methyl sites for hydroxylation is 1. The highest BCUT2D eigenvalue weighted by atomic mass is 35.5. The zero-order valence-electron chi connectivity index (χ0n) is 14.4. The molecule has 0 spiro atoms. The molecule has 1 amide bonds. The predicted octanol–water partition coefficient (Wildman–Crippen LogP) is 5.86. The Balaban J connectivity index is 1.67. The number of H-pyrrole nitrogens is 1. The molecule has 0 fully saturated rings. The highest BCUT2D eigenvalue weighted by Crippen LogP contribution is 2.33. The van der Waals surface area contributed by atoms with Crippen molar-refractivity contribution in [2.45, 2.75) is 24.3 Å². The number of halogens is 3. The molecule has 1 heterocycles. The first-order valence-corrected chi connectivity index (χ1v) is 9.96. The quantitative estimate of drug-likeness (QED) is 0.384. The van der Waals surface area contributed by atoms with Gasteiger partial charge in [0.2, 0.25) is 11.1 Å². The van der Waals surface area contributed by atoms with E-state index in [9.17, 15) is 4.79 Å². The molecule has 27 heavy (non-hydrogen) atoms. The first-order chi connectivity index (χ1) is 12.8. The molecule has 0 radical (unpaired) electrons. The molecule has 0 aliphatic heterocycles. The Kier molecular flexibility index (Phi) is 6.32. The Labute approximate surface area is 175 Å². The number of amides is 1. The molecule has 9 heteroatoms. The topological polar surface area (TPSA) is 70.7 Å². The molecular weight excluding hydrogens is 427 g/mol. The number of carbonyl (C=O) groups is 1. The van der Waals surface area contributed by atoms with Crippen molar-refractivity contribution in [3.05, 3.63) is 57.0 Å². The van der Waals surface area contributed by atoms with Crippen LogP contribution >= 0.6 is 46.6 Å². The number of aromatic amines is 1. The van der Waals surface area contributed by atoms with Gasteiger partial charge in [-0.1, -0.05) is 76.4 Å². The molecule has 0 saturated heterocycles. The van der Waals surface area contributed by atoms with E-state index < -0.39 is 5.25 Å². The van der Waals surface area contributed by atoms with Gasteiger partial charge in [-0.15, -0.1) is 5.10 Å². The van der Waals surface area contributed by atoms with E-state index in [0.29, 0.717) is 31.7 Å². The van der Waals surface area contributed by atoms with Crippen LogP contribution in [0.25, 0.3) is 11.4 Å². The fraction of sp³-hybridized carbons (Fsp3) is 0.167. The van der Waals surface area contributed by atoms with Crippen LogP contribution in [0.2, 0.25) is 15.1 Å². The molecule has 2 N–H and O–H groups in total. The van der Waals surface area contributed by atoms with E-state index in [-0.39, 0.29) is 5.91 Å². The molecule has 1 atom stereocenters. The van der Waals surface area contributed by atoms with Gasteiger partial charge in [-0.05, 0) is 26.0 Å². The summed E-state index contributed by atoms with van der Waals surface area (Å²) in [6.45, 7) is 3.78. The van der Waals surface area contributed by atoms with E-state index >= 15 is 0 Å². The molecule has 5 nitrogen and oxygen atoms in total. The molecular formula is C18H15Cl3N4OS. The third-order valence-electron chi connectivity index (χ3n) is 3.71. The second-order valence-corrected chi connectivity index (χ2v) is 8.36. The van der Waals surface area contributed by atoms with Crippen molar-refractivity contribution in [1.82, 2.24) is 15.2 Å². The number of nitrogens with zero attached hydrogens (tertiary/aromatic N) is 2. The molecule has 140 valence electrons. The summed E-state index contributed by atoms with van der Waals surface area (Å²) in [4.78, 5) is 16.9. The number of hydrogen-bond acceptors (Lipinski definition) is 4. The van der Waals surface area contributed by atoms with Gasteiger partial charge in [-0.3, -0.25) is 9.89 Å². The Morgan fingerprint density at radius 3 is 2.48 bits per heavy atom. The smallest absolute Gasteiger partial charge is 0.237 e. The Morgan fingerprint density at radius 2 is 1.78 bits per heavy atom. The van der Waals surface area contributed by atoms with Crippen LogP contribution in [0, 0.1) is 6.92 Å². The largest absolute Gasteiger partial charge is 0.324 e. The lowest BCUT2D eigenvalue weighted by molar-refractivity contribution is -0.115. The number of thioether (sulfide) groups is 1. The fourth-order valence-electron chi connectivity index (χ4n) is 2.20. The number of hydrogen-bond donors (Lipinski definition) is 2. The Hall–Kier alpha value is -1.73. The van der Waals surface area contributed by atoms with Crippen LogP contribution in [0.15, 0.2) is 41.6 Å². The van der Waals surface area contributed by atoms with Gasteiger partial charge < -0.3 is 5.32 Å². The summed E-state index contributed by atoms with van der Waals surface area (Å²) in [5.74, 6) is 0.402. The zero-order chi connectivity index (χ0) is 19.6. The van der Waals surface area contributed by atoms with Gasteiger partial charge in [0.1, 0.15) is 0 Å². The van der Waals surface area contributed by atoms with Crippen LogP contribution < -0.4 is 5.32 Å². The van der Waals surface area contributed by atoms with Crippen LogP contribution in [0.4, 0.5) is 5.69 Å². The van der Waals surface area contributed by atoms with Crippen molar-refractivity contribution in [2.24, 2.45) is 0 Å². The van der Waals surface area contributed by atoms with Gasteiger partial charge >= 0.3 is 0 Å². The van der Waals surface area contributed by atoms with Crippen LogP contribution in [0.3, 0.4) is 0 Å².